The summed E-state index contributed by atoms with van der Waals surface area (Å²) in [7, 11) is 1.46. The number of hydrogen-bond acceptors (Lipinski definition) is 5. The molecule has 0 amide bonds. The van der Waals surface area contributed by atoms with Gasteiger partial charge in [0.2, 0.25) is 5.70 Å². The summed E-state index contributed by atoms with van der Waals surface area (Å²) in [6, 6.07) is 0. The van der Waals surface area contributed by atoms with Crippen LogP contribution in [0, 0.1) is 56.8 Å². The van der Waals surface area contributed by atoms with Crippen LogP contribution in [0.15, 0.2) is 23.4 Å². The molecule has 0 bridgehead atoms. The van der Waals surface area contributed by atoms with E-state index in [2.05, 4.69) is 32.5 Å². The smallest absolute Gasteiger partial charge is 0.312 e. The van der Waals surface area contributed by atoms with Crippen LogP contribution in [0.4, 0.5) is 0 Å². The summed E-state index contributed by atoms with van der Waals surface area (Å²) < 4.78 is 5.40. The summed E-state index contributed by atoms with van der Waals surface area (Å²) in [5.41, 5.74) is -2.53. The summed E-state index contributed by atoms with van der Waals surface area (Å²) in [6.45, 7) is 21.9. The third-order valence-electron chi connectivity index (χ3n) is 12.9. The largest absolute Gasteiger partial charge is 0.469 e. The van der Waals surface area contributed by atoms with E-state index in [-0.39, 0.29) is 51.8 Å². The van der Waals surface area contributed by atoms with E-state index in [1.807, 2.05) is 13.0 Å². The lowest BCUT2D eigenvalue weighted by Gasteiger charge is -2.68. The SMILES string of the molecule is [C-]#[N+]C1=C[C@]2(C)C3=CC(=O)[C@@H]4[C@@H]5CC(C)(C)CC[C@]5(C(=O)OC)CC[C@@]4(C)[C@]3(C)CC[C@H]2[C@](C)(C(C)=O)C1=O. The van der Waals surface area contributed by atoms with Crippen LogP contribution < -0.4 is 0 Å². The molecule has 0 unspecified atom stereocenters. The van der Waals surface area contributed by atoms with Crippen LogP contribution in [0.5, 0.6) is 0 Å². The van der Waals surface area contributed by atoms with E-state index in [1.165, 1.54) is 14.0 Å². The van der Waals surface area contributed by atoms with Gasteiger partial charge in [-0.3, -0.25) is 14.4 Å². The molecule has 8 atom stereocenters. The van der Waals surface area contributed by atoms with E-state index in [4.69, 9.17) is 11.3 Å². The highest BCUT2D eigenvalue weighted by Gasteiger charge is 2.71. The normalized spacial score (nSPS) is 46.3. The average molecular weight is 534 g/mol. The fourth-order valence-corrected chi connectivity index (χ4v) is 10.3. The number of methoxy groups -OCH3 is 1. The molecule has 5 aliphatic rings. The number of carbonyl (C=O) groups excluding carboxylic acids is 4. The van der Waals surface area contributed by atoms with Gasteiger partial charge in [0.1, 0.15) is 5.78 Å². The van der Waals surface area contributed by atoms with Gasteiger partial charge in [-0.25, -0.2) is 4.85 Å². The van der Waals surface area contributed by atoms with Crippen LogP contribution in [0.1, 0.15) is 93.4 Å². The molecule has 0 aromatic heterocycles. The van der Waals surface area contributed by atoms with Crippen LogP contribution in [0.3, 0.4) is 0 Å². The molecule has 5 rings (SSSR count). The zero-order valence-corrected chi connectivity index (χ0v) is 24.8. The summed E-state index contributed by atoms with van der Waals surface area (Å²) in [5, 5.41) is 0. The lowest BCUT2D eigenvalue weighted by atomic mass is 9.34. The maximum atomic E-state index is 14.4. The van der Waals surface area contributed by atoms with Gasteiger partial charge in [-0.2, -0.15) is 0 Å². The molecule has 0 saturated heterocycles. The van der Waals surface area contributed by atoms with Gasteiger partial charge in [-0.05, 0) is 93.0 Å². The predicted octanol–water partition coefficient (Wildman–Crippen LogP) is 6.30. The molecule has 5 aliphatic carbocycles. The van der Waals surface area contributed by atoms with Crippen LogP contribution in [-0.4, -0.2) is 30.4 Å². The zero-order valence-electron chi connectivity index (χ0n) is 24.8. The van der Waals surface area contributed by atoms with Gasteiger partial charge in [0.25, 0.3) is 0 Å². The Morgan fingerprint density at radius 1 is 1.00 bits per heavy atom. The second-order valence-electron chi connectivity index (χ2n) is 14.9. The van der Waals surface area contributed by atoms with Crippen molar-refractivity contribution in [2.45, 2.75) is 93.4 Å². The van der Waals surface area contributed by atoms with Crippen molar-refractivity contribution >= 4 is 23.3 Å². The Morgan fingerprint density at radius 3 is 2.23 bits per heavy atom. The Labute approximate surface area is 232 Å². The van der Waals surface area contributed by atoms with Gasteiger partial charge in [0, 0.05) is 11.3 Å². The van der Waals surface area contributed by atoms with Crippen molar-refractivity contribution in [3.63, 3.8) is 0 Å². The molecule has 3 saturated carbocycles. The molecule has 0 aliphatic heterocycles. The van der Waals surface area contributed by atoms with Gasteiger partial charge in [0.15, 0.2) is 11.6 Å². The lowest BCUT2D eigenvalue weighted by molar-refractivity contribution is -0.191. The molecule has 0 heterocycles. The van der Waals surface area contributed by atoms with Crippen molar-refractivity contribution in [3.8, 4) is 0 Å². The number of allylic oxidation sites excluding steroid dienone is 4. The summed E-state index contributed by atoms with van der Waals surface area (Å²) in [6.07, 6.45) is 8.86. The minimum Gasteiger partial charge on any atom is -0.469 e. The topological polar surface area (TPSA) is 81.9 Å². The van der Waals surface area contributed by atoms with Gasteiger partial charge in [-0.15, -0.1) is 0 Å². The first-order valence-electron chi connectivity index (χ1n) is 14.5. The first-order chi connectivity index (χ1) is 18.0. The summed E-state index contributed by atoms with van der Waals surface area (Å²) >= 11 is 0. The monoisotopic (exact) mass is 533 g/mol. The van der Waals surface area contributed by atoms with E-state index in [0.717, 1.165) is 37.7 Å². The number of ether oxygens (including phenoxy) is 1. The fourth-order valence-electron chi connectivity index (χ4n) is 10.3. The Bertz CT molecular complexity index is 1300. The first-order valence-corrected chi connectivity index (χ1v) is 14.5. The van der Waals surface area contributed by atoms with E-state index in [9.17, 15) is 19.2 Å². The number of fused-ring (bicyclic) bond motifs is 7. The van der Waals surface area contributed by atoms with Gasteiger partial charge >= 0.3 is 5.97 Å². The zero-order chi connectivity index (χ0) is 29.0. The second-order valence-corrected chi connectivity index (χ2v) is 14.9. The minimum atomic E-state index is -1.30. The standard InChI is InChI=1S/C33H43NO5/c1-19(35)32(7)23-10-11-30(5)24(29(23,4)18-21(34-8)26(32)37)16-22(36)25-20-17-28(2,3)12-14-33(20,27(38)39-9)15-13-31(25,30)6/h16,18,20,23,25H,10-15,17H2,1-7,9H3/t20-,23+,25-,29-,30+,31+,32-,33-/m0/s1. The van der Waals surface area contributed by atoms with Crippen molar-refractivity contribution in [1.82, 2.24) is 0 Å². The molecule has 210 valence electrons. The summed E-state index contributed by atoms with van der Waals surface area (Å²) in [5.74, 6) is -1.49. The number of nitrogens with zero attached hydrogens (tertiary/aromatic N) is 1. The highest BCUT2D eigenvalue weighted by atomic mass is 16.5. The Morgan fingerprint density at radius 2 is 1.64 bits per heavy atom. The molecule has 6 heteroatoms. The number of hydrogen-bond donors (Lipinski definition) is 0. The quantitative estimate of drug-likeness (QED) is 0.236. The van der Waals surface area contributed by atoms with Crippen molar-refractivity contribution < 1.29 is 23.9 Å². The molecular formula is C33H43NO5. The van der Waals surface area contributed by atoms with E-state index < -0.39 is 27.4 Å². The lowest BCUT2D eigenvalue weighted by Crippen LogP contribution is -2.66. The highest BCUT2D eigenvalue weighted by molar-refractivity contribution is 6.15. The molecule has 0 aromatic carbocycles. The maximum Gasteiger partial charge on any atom is 0.312 e. The van der Waals surface area contributed by atoms with Gasteiger partial charge in [0.05, 0.1) is 24.5 Å². The predicted molar refractivity (Wildman–Crippen MR) is 147 cm³/mol. The van der Waals surface area contributed by atoms with Crippen molar-refractivity contribution in [3.05, 3.63) is 34.8 Å². The fraction of sp³-hybridized carbons (Fsp3) is 0.727. The van der Waals surface area contributed by atoms with Crippen LogP contribution >= 0.6 is 0 Å². The van der Waals surface area contributed by atoms with E-state index in [0.29, 0.717) is 12.8 Å². The molecule has 39 heavy (non-hydrogen) atoms. The van der Waals surface area contributed by atoms with Crippen LogP contribution in [0.25, 0.3) is 4.85 Å². The Hall–Kier alpha value is -2.55. The molecule has 0 radical (unpaired) electrons. The molecule has 0 spiro atoms. The van der Waals surface area contributed by atoms with Crippen molar-refractivity contribution in [1.29, 1.82) is 0 Å². The summed E-state index contributed by atoms with van der Waals surface area (Å²) in [4.78, 5) is 57.9. The van der Waals surface area contributed by atoms with Crippen LogP contribution in [-0.2, 0) is 23.9 Å². The Kier molecular flexibility index (Phi) is 5.92. The van der Waals surface area contributed by atoms with Crippen LogP contribution in [0.2, 0.25) is 0 Å². The van der Waals surface area contributed by atoms with Crippen molar-refractivity contribution in [2.24, 2.45) is 50.2 Å². The number of esters is 1. The van der Waals surface area contributed by atoms with E-state index in [1.54, 1.807) is 13.0 Å². The number of carbonyl (C=O) groups is 4. The molecule has 3 fully saturated rings. The third kappa shape index (κ3) is 3.25. The molecule has 0 aromatic rings. The van der Waals surface area contributed by atoms with Gasteiger partial charge < -0.3 is 9.53 Å². The third-order valence-corrected chi connectivity index (χ3v) is 12.9. The number of ketones is 3. The van der Waals surface area contributed by atoms with E-state index >= 15 is 0 Å². The highest BCUT2D eigenvalue weighted by Crippen LogP contribution is 2.74. The Balaban J connectivity index is 1.72. The second kappa shape index (κ2) is 8.24. The average Bonchev–Trinajstić information content (AvgIpc) is 2.86. The molecule has 0 N–H and O–H groups in total. The maximum absolute atomic E-state index is 14.4. The number of rotatable bonds is 2. The minimum absolute atomic E-state index is 0.00120. The molecular weight excluding hydrogens is 490 g/mol. The molecule has 6 nitrogen and oxygen atoms in total. The van der Waals surface area contributed by atoms with Crippen molar-refractivity contribution in [2.75, 3.05) is 7.11 Å². The first kappa shape index (κ1) is 28.0. The number of Topliss-reactive ketones (excluding diaryl/α,β-unsaturated/α-hetero) is 2. The van der Waals surface area contributed by atoms with Gasteiger partial charge in [-0.1, -0.05) is 46.3 Å².